The minimum absolute atomic E-state index is 0.235. The third-order valence-electron chi connectivity index (χ3n) is 6.86. The lowest BCUT2D eigenvalue weighted by Gasteiger charge is -2.17. The fourth-order valence-corrected chi connectivity index (χ4v) is 4.69. The van der Waals surface area contributed by atoms with Gasteiger partial charge in [0.2, 0.25) is 0 Å². The Labute approximate surface area is 260 Å². The first-order valence-electron chi connectivity index (χ1n) is 15.3. The van der Waals surface area contributed by atoms with E-state index in [9.17, 15) is 9.59 Å². The van der Waals surface area contributed by atoms with Gasteiger partial charge in [-0.3, -0.25) is 0 Å². The SMILES string of the molecule is CCOC(=O)c1ccc(C(=O)OCC)c(-c2ccc(-c3ccc(OCC(C)C)cc3)cc2-c2ccc(OCC(C)C)cc2)c1. The van der Waals surface area contributed by atoms with Crippen LogP contribution in [0, 0.1) is 11.8 Å². The van der Waals surface area contributed by atoms with Crippen LogP contribution in [0.5, 0.6) is 11.5 Å². The van der Waals surface area contributed by atoms with E-state index in [2.05, 4.69) is 33.8 Å². The fraction of sp³-hybridized carbons (Fsp3) is 0.316. The molecule has 4 rings (SSSR count). The van der Waals surface area contributed by atoms with Crippen LogP contribution in [0.2, 0.25) is 0 Å². The lowest BCUT2D eigenvalue weighted by Crippen LogP contribution is -2.10. The van der Waals surface area contributed by atoms with Crippen LogP contribution in [0.15, 0.2) is 84.9 Å². The van der Waals surface area contributed by atoms with Crippen LogP contribution in [0.1, 0.15) is 62.3 Å². The van der Waals surface area contributed by atoms with E-state index in [1.807, 2.05) is 60.7 Å². The fourth-order valence-electron chi connectivity index (χ4n) is 4.69. The second-order valence-electron chi connectivity index (χ2n) is 11.4. The van der Waals surface area contributed by atoms with Crippen molar-refractivity contribution in [2.75, 3.05) is 26.4 Å². The summed E-state index contributed by atoms with van der Waals surface area (Å²) in [5, 5.41) is 0. The third-order valence-corrected chi connectivity index (χ3v) is 6.86. The van der Waals surface area contributed by atoms with E-state index in [1.165, 1.54) is 0 Å². The summed E-state index contributed by atoms with van der Waals surface area (Å²) in [5.41, 5.74) is 5.97. The summed E-state index contributed by atoms with van der Waals surface area (Å²) in [7, 11) is 0. The summed E-state index contributed by atoms with van der Waals surface area (Å²) < 4.78 is 22.5. The lowest BCUT2D eigenvalue weighted by molar-refractivity contribution is 0.0512. The smallest absolute Gasteiger partial charge is 0.338 e. The molecule has 230 valence electrons. The van der Waals surface area contributed by atoms with E-state index >= 15 is 0 Å². The molecule has 0 spiro atoms. The summed E-state index contributed by atoms with van der Waals surface area (Å²) in [4.78, 5) is 25.8. The summed E-state index contributed by atoms with van der Waals surface area (Å²) in [6.07, 6.45) is 0. The van der Waals surface area contributed by atoms with Crippen molar-refractivity contribution < 1.29 is 28.5 Å². The summed E-state index contributed by atoms with van der Waals surface area (Å²) in [6, 6.07) is 27.1. The molecule has 0 atom stereocenters. The minimum atomic E-state index is -0.456. The Morgan fingerprint density at radius 3 is 1.61 bits per heavy atom. The number of carbonyl (C=O) groups excluding carboxylic acids is 2. The maximum atomic E-state index is 13.1. The van der Waals surface area contributed by atoms with E-state index in [1.54, 1.807) is 32.0 Å². The van der Waals surface area contributed by atoms with Gasteiger partial charge in [0.05, 0.1) is 37.6 Å². The van der Waals surface area contributed by atoms with Crippen molar-refractivity contribution in [2.45, 2.75) is 41.5 Å². The van der Waals surface area contributed by atoms with Gasteiger partial charge in [-0.1, -0.05) is 64.1 Å². The first-order chi connectivity index (χ1) is 21.2. The first-order valence-corrected chi connectivity index (χ1v) is 15.3. The van der Waals surface area contributed by atoms with E-state index in [0.29, 0.717) is 41.7 Å². The topological polar surface area (TPSA) is 71.1 Å². The second-order valence-corrected chi connectivity index (χ2v) is 11.4. The maximum Gasteiger partial charge on any atom is 0.338 e. The average molecular weight is 595 g/mol. The molecule has 6 nitrogen and oxygen atoms in total. The van der Waals surface area contributed by atoms with Crippen LogP contribution in [0.25, 0.3) is 33.4 Å². The van der Waals surface area contributed by atoms with Crippen molar-refractivity contribution in [3.8, 4) is 44.9 Å². The van der Waals surface area contributed by atoms with Crippen molar-refractivity contribution in [2.24, 2.45) is 11.8 Å². The molecule has 44 heavy (non-hydrogen) atoms. The Kier molecular flexibility index (Phi) is 11.2. The van der Waals surface area contributed by atoms with E-state index in [-0.39, 0.29) is 13.2 Å². The molecule has 0 aromatic heterocycles. The zero-order chi connectivity index (χ0) is 31.6. The van der Waals surface area contributed by atoms with Gasteiger partial charge in [-0.2, -0.15) is 0 Å². The summed E-state index contributed by atoms with van der Waals surface area (Å²) in [6.45, 7) is 13.8. The van der Waals surface area contributed by atoms with Crippen LogP contribution in [0.4, 0.5) is 0 Å². The van der Waals surface area contributed by atoms with Gasteiger partial charge in [0, 0.05) is 0 Å². The molecule has 0 amide bonds. The van der Waals surface area contributed by atoms with Crippen molar-refractivity contribution in [1.29, 1.82) is 0 Å². The number of carbonyl (C=O) groups is 2. The van der Waals surface area contributed by atoms with Gasteiger partial charge < -0.3 is 18.9 Å². The maximum absolute atomic E-state index is 13.1. The quantitative estimate of drug-likeness (QED) is 0.144. The Morgan fingerprint density at radius 1 is 0.545 bits per heavy atom. The molecule has 0 N–H and O–H groups in total. The monoisotopic (exact) mass is 594 g/mol. The molecule has 4 aromatic carbocycles. The highest BCUT2D eigenvalue weighted by molar-refractivity contribution is 6.03. The summed E-state index contributed by atoms with van der Waals surface area (Å²) in [5.74, 6) is 1.55. The number of benzene rings is 4. The van der Waals surface area contributed by atoms with E-state index in [0.717, 1.165) is 39.3 Å². The zero-order valence-corrected chi connectivity index (χ0v) is 26.5. The number of hydrogen-bond donors (Lipinski definition) is 0. The number of esters is 2. The molecule has 6 heteroatoms. The number of hydrogen-bond acceptors (Lipinski definition) is 6. The molecule has 0 bridgehead atoms. The molecule has 0 unspecified atom stereocenters. The van der Waals surface area contributed by atoms with E-state index in [4.69, 9.17) is 18.9 Å². The van der Waals surface area contributed by atoms with Crippen LogP contribution < -0.4 is 9.47 Å². The van der Waals surface area contributed by atoms with Crippen molar-refractivity contribution in [3.05, 3.63) is 96.1 Å². The second kappa shape index (κ2) is 15.2. The Balaban J connectivity index is 1.85. The largest absolute Gasteiger partial charge is 0.493 e. The van der Waals surface area contributed by atoms with Crippen LogP contribution in [-0.4, -0.2) is 38.4 Å². The third kappa shape index (κ3) is 8.28. The normalized spacial score (nSPS) is 11.0. The molecular formula is C38H42O6. The number of rotatable bonds is 13. The van der Waals surface area contributed by atoms with Crippen LogP contribution >= 0.6 is 0 Å². The van der Waals surface area contributed by atoms with Crippen molar-refractivity contribution in [3.63, 3.8) is 0 Å². The van der Waals surface area contributed by atoms with E-state index < -0.39 is 11.9 Å². The minimum Gasteiger partial charge on any atom is -0.493 e. The molecule has 0 radical (unpaired) electrons. The molecule has 0 saturated carbocycles. The van der Waals surface area contributed by atoms with Crippen LogP contribution in [-0.2, 0) is 9.47 Å². The Hall–Kier alpha value is -4.58. The Bertz CT molecular complexity index is 1550. The lowest BCUT2D eigenvalue weighted by atomic mass is 9.88. The average Bonchev–Trinajstić information content (AvgIpc) is 3.03. The molecule has 4 aromatic rings. The molecular weight excluding hydrogens is 552 g/mol. The Morgan fingerprint density at radius 2 is 1.07 bits per heavy atom. The highest BCUT2D eigenvalue weighted by Crippen LogP contribution is 2.39. The molecule has 0 aliphatic carbocycles. The zero-order valence-electron chi connectivity index (χ0n) is 26.5. The molecule has 0 heterocycles. The van der Waals surface area contributed by atoms with Crippen molar-refractivity contribution >= 4 is 11.9 Å². The highest BCUT2D eigenvalue weighted by Gasteiger charge is 2.21. The van der Waals surface area contributed by atoms with Gasteiger partial charge >= 0.3 is 11.9 Å². The predicted octanol–water partition coefficient (Wildman–Crippen LogP) is 9.11. The molecule has 0 aliphatic rings. The standard InChI is InChI=1S/C38H42O6/c1-7-41-37(39)30-14-20-34(38(40)42-8-2)36(22-30)33-19-13-29(27-9-15-31(16-10-27)43-23-25(3)4)21-35(33)28-11-17-32(18-12-28)44-24-26(5)6/h9-22,25-26H,7-8,23-24H2,1-6H3. The van der Waals surface area contributed by atoms with Gasteiger partial charge in [0.15, 0.2) is 0 Å². The van der Waals surface area contributed by atoms with Crippen molar-refractivity contribution in [1.82, 2.24) is 0 Å². The van der Waals surface area contributed by atoms with Gasteiger partial charge in [-0.05, 0) is 108 Å². The van der Waals surface area contributed by atoms with Gasteiger partial charge in [-0.25, -0.2) is 9.59 Å². The van der Waals surface area contributed by atoms with Gasteiger partial charge in [0.1, 0.15) is 11.5 Å². The highest BCUT2D eigenvalue weighted by atomic mass is 16.5. The van der Waals surface area contributed by atoms with Gasteiger partial charge in [-0.15, -0.1) is 0 Å². The summed E-state index contributed by atoms with van der Waals surface area (Å²) >= 11 is 0. The van der Waals surface area contributed by atoms with Gasteiger partial charge in [0.25, 0.3) is 0 Å². The molecule has 0 saturated heterocycles. The number of ether oxygens (including phenoxy) is 4. The molecule has 0 fully saturated rings. The molecule has 0 aliphatic heterocycles. The first kappa shape index (κ1) is 32.3. The predicted molar refractivity (Wildman–Crippen MR) is 175 cm³/mol. The van der Waals surface area contributed by atoms with Crippen LogP contribution in [0.3, 0.4) is 0 Å².